The molecule has 0 aliphatic rings. The van der Waals surface area contributed by atoms with Crippen molar-refractivity contribution in [3.8, 4) is 0 Å². The molecule has 0 spiro atoms. The Hall–Kier alpha value is -0.840. The second kappa shape index (κ2) is 4.68. The highest BCUT2D eigenvalue weighted by molar-refractivity contribution is 9.10. The molecule has 0 unspecified atom stereocenters. The fourth-order valence-corrected chi connectivity index (χ4v) is 3.19. The van der Waals surface area contributed by atoms with Gasteiger partial charge in [-0.05, 0) is 42.3 Å². The first-order valence-corrected chi connectivity index (χ1v) is 7.28. The van der Waals surface area contributed by atoms with Crippen molar-refractivity contribution in [2.24, 2.45) is 0 Å². The zero-order chi connectivity index (χ0) is 12.7. The molecule has 0 amide bonds. The Morgan fingerprint density at radius 1 is 1.00 bits per heavy atom. The van der Waals surface area contributed by atoms with Gasteiger partial charge in [0.2, 0.25) is 0 Å². The van der Waals surface area contributed by atoms with E-state index >= 15 is 0 Å². The highest BCUT2D eigenvalue weighted by Crippen LogP contribution is 2.32. The lowest BCUT2D eigenvalue weighted by molar-refractivity contribution is 0.300. The third kappa shape index (κ3) is 1.98. The van der Waals surface area contributed by atoms with Crippen LogP contribution in [0.2, 0.25) is 0 Å². The number of fused-ring (bicyclic) bond motifs is 3. The number of aliphatic hydroxyl groups excluding tert-OH is 1. The van der Waals surface area contributed by atoms with Crippen LogP contribution in [0.15, 0.2) is 39.3 Å². The molecule has 18 heavy (non-hydrogen) atoms. The molecule has 0 saturated carbocycles. The SMILES string of the molecule is OCCc1cc(Br)cc2c1[nH]c1ccc(Br)cc12. The number of halogens is 2. The lowest BCUT2D eigenvalue weighted by atomic mass is 10.1. The van der Waals surface area contributed by atoms with Crippen LogP contribution in [0.4, 0.5) is 0 Å². The number of H-pyrrole nitrogens is 1. The summed E-state index contributed by atoms with van der Waals surface area (Å²) in [5.74, 6) is 0. The Labute approximate surface area is 121 Å². The van der Waals surface area contributed by atoms with E-state index < -0.39 is 0 Å². The Morgan fingerprint density at radius 2 is 1.78 bits per heavy atom. The normalized spacial score (nSPS) is 11.5. The number of aliphatic hydroxyl groups is 1. The van der Waals surface area contributed by atoms with Crippen LogP contribution in [0, 0.1) is 0 Å². The van der Waals surface area contributed by atoms with Gasteiger partial charge in [0, 0.05) is 37.4 Å². The second-order valence-electron chi connectivity index (χ2n) is 4.28. The molecule has 92 valence electrons. The van der Waals surface area contributed by atoms with E-state index in [1.165, 1.54) is 10.8 Å². The smallest absolute Gasteiger partial charge is 0.0499 e. The van der Waals surface area contributed by atoms with Gasteiger partial charge in [-0.15, -0.1) is 0 Å². The zero-order valence-corrected chi connectivity index (χ0v) is 12.7. The van der Waals surface area contributed by atoms with Crippen molar-refractivity contribution in [2.75, 3.05) is 6.61 Å². The molecule has 0 bridgehead atoms. The average Bonchev–Trinajstić information content (AvgIpc) is 2.68. The van der Waals surface area contributed by atoms with E-state index in [0.717, 1.165) is 25.5 Å². The topological polar surface area (TPSA) is 36.0 Å². The van der Waals surface area contributed by atoms with Gasteiger partial charge in [-0.3, -0.25) is 0 Å². The Bertz CT molecular complexity index is 733. The molecule has 2 N–H and O–H groups in total. The monoisotopic (exact) mass is 367 g/mol. The zero-order valence-electron chi connectivity index (χ0n) is 9.50. The first-order valence-electron chi connectivity index (χ1n) is 5.69. The highest BCUT2D eigenvalue weighted by Gasteiger charge is 2.09. The summed E-state index contributed by atoms with van der Waals surface area (Å²) in [7, 11) is 0. The third-order valence-corrected chi connectivity index (χ3v) is 4.05. The summed E-state index contributed by atoms with van der Waals surface area (Å²) >= 11 is 7.04. The van der Waals surface area contributed by atoms with Crippen LogP contribution in [0.1, 0.15) is 5.56 Å². The van der Waals surface area contributed by atoms with Gasteiger partial charge in [-0.2, -0.15) is 0 Å². The van der Waals surface area contributed by atoms with Crippen LogP contribution in [0.3, 0.4) is 0 Å². The van der Waals surface area contributed by atoms with E-state index in [4.69, 9.17) is 5.11 Å². The van der Waals surface area contributed by atoms with Crippen molar-refractivity contribution in [3.63, 3.8) is 0 Å². The Morgan fingerprint density at radius 3 is 2.56 bits per heavy atom. The van der Waals surface area contributed by atoms with Gasteiger partial charge in [-0.25, -0.2) is 0 Å². The predicted molar refractivity (Wildman–Crippen MR) is 82.0 cm³/mol. The fourth-order valence-electron chi connectivity index (χ4n) is 2.32. The van der Waals surface area contributed by atoms with Gasteiger partial charge >= 0.3 is 0 Å². The minimum absolute atomic E-state index is 0.157. The van der Waals surface area contributed by atoms with Crippen LogP contribution in [-0.2, 0) is 6.42 Å². The predicted octanol–water partition coefficient (Wildman–Crippen LogP) is 4.38. The molecular weight excluding hydrogens is 358 g/mol. The van der Waals surface area contributed by atoms with Crippen LogP contribution >= 0.6 is 31.9 Å². The van der Waals surface area contributed by atoms with E-state index in [1.807, 2.05) is 6.07 Å². The first-order chi connectivity index (χ1) is 8.69. The van der Waals surface area contributed by atoms with Gasteiger partial charge in [-0.1, -0.05) is 31.9 Å². The standard InChI is InChI=1S/C14H11Br2NO/c15-9-1-2-13-11(6-9)12-7-10(16)5-8(3-4-18)14(12)17-13/h1-2,5-7,17-18H,3-4H2. The summed E-state index contributed by atoms with van der Waals surface area (Å²) in [5.41, 5.74) is 3.36. The summed E-state index contributed by atoms with van der Waals surface area (Å²) in [6.07, 6.45) is 0.657. The second-order valence-corrected chi connectivity index (χ2v) is 6.11. The molecule has 0 radical (unpaired) electrons. The molecule has 2 aromatic carbocycles. The molecule has 3 aromatic rings. The summed E-state index contributed by atoms with van der Waals surface area (Å²) in [6.45, 7) is 0.157. The van der Waals surface area contributed by atoms with Gasteiger partial charge in [0.05, 0.1) is 0 Å². The van der Waals surface area contributed by atoms with Crippen molar-refractivity contribution >= 4 is 53.7 Å². The quantitative estimate of drug-likeness (QED) is 0.691. The summed E-state index contributed by atoms with van der Waals surface area (Å²) in [5, 5.41) is 11.5. The van der Waals surface area contributed by atoms with E-state index in [1.54, 1.807) is 0 Å². The van der Waals surface area contributed by atoms with Crippen molar-refractivity contribution < 1.29 is 5.11 Å². The number of rotatable bonds is 2. The average molecular weight is 369 g/mol. The maximum absolute atomic E-state index is 9.15. The molecule has 1 heterocycles. The van der Waals surface area contributed by atoms with Crippen LogP contribution in [-0.4, -0.2) is 16.7 Å². The molecular formula is C14H11Br2NO. The van der Waals surface area contributed by atoms with Crippen LogP contribution in [0.25, 0.3) is 21.8 Å². The number of aromatic amines is 1. The number of aromatic nitrogens is 1. The summed E-state index contributed by atoms with van der Waals surface area (Å²) in [4.78, 5) is 3.43. The molecule has 3 rings (SSSR count). The van der Waals surface area contributed by atoms with Gasteiger partial charge < -0.3 is 10.1 Å². The van der Waals surface area contributed by atoms with E-state index in [0.29, 0.717) is 6.42 Å². The summed E-state index contributed by atoms with van der Waals surface area (Å²) < 4.78 is 2.11. The Balaban J connectivity index is 2.42. The molecule has 0 aliphatic heterocycles. The molecule has 0 saturated heterocycles. The van der Waals surface area contributed by atoms with Crippen molar-refractivity contribution in [2.45, 2.75) is 6.42 Å². The minimum Gasteiger partial charge on any atom is -0.396 e. The molecule has 4 heteroatoms. The van der Waals surface area contributed by atoms with Gasteiger partial charge in [0.1, 0.15) is 0 Å². The molecule has 1 aromatic heterocycles. The van der Waals surface area contributed by atoms with Crippen LogP contribution in [0.5, 0.6) is 0 Å². The maximum atomic E-state index is 9.15. The fraction of sp³-hybridized carbons (Fsp3) is 0.143. The molecule has 0 aliphatic carbocycles. The third-order valence-electron chi connectivity index (χ3n) is 3.10. The Kier molecular flexibility index (Phi) is 3.18. The van der Waals surface area contributed by atoms with Crippen molar-refractivity contribution in [1.29, 1.82) is 0 Å². The lowest BCUT2D eigenvalue weighted by Gasteiger charge is -2.02. The molecule has 0 atom stereocenters. The highest BCUT2D eigenvalue weighted by atomic mass is 79.9. The van der Waals surface area contributed by atoms with Crippen molar-refractivity contribution in [1.82, 2.24) is 4.98 Å². The van der Waals surface area contributed by atoms with E-state index in [9.17, 15) is 0 Å². The van der Waals surface area contributed by atoms with E-state index in [2.05, 4.69) is 61.1 Å². The number of hydrogen-bond donors (Lipinski definition) is 2. The molecule has 2 nitrogen and oxygen atoms in total. The number of hydrogen-bond acceptors (Lipinski definition) is 1. The van der Waals surface area contributed by atoms with Crippen LogP contribution < -0.4 is 0 Å². The molecule has 0 fully saturated rings. The number of benzene rings is 2. The van der Waals surface area contributed by atoms with Crippen molar-refractivity contribution in [3.05, 3.63) is 44.8 Å². The number of nitrogens with one attached hydrogen (secondary N) is 1. The van der Waals surface area contributed by atoms with Gasteiger partial charge in [0.25, 0.3) is 0 Å². The summed E-state index contributed by atoms with van der Waals surface area (Å²) in [6, 6.07) is 10.4. The maximum Gasteiger partial charge on any atom is 0.0499 e. The first kappa shape index (κ1) is 12.2. The lowest BCUT2D eigenvalue weighted by Crippen LogP contribution is -1.92. The van der Waals surface area contributed by atoms with Gasteiger partial charge in [0.15, 0.2) is 0 Å². The van der Waals surface area contributed by atoms with E-state index in [-0.39, 0.29) is 6.61 Å². The minimum atomic E-state index is 0.157. The largest absolute Gasteiger partial charge is 0.396 e.